The molecule has 102 valence electrons. The number of benzene rings is 2. The van der Waals surface area contributed by atoms with Crippen LogP contribution in [0, 0.1) is 0 Å². The monoisotopic (exact) mass is 268 g/mol. The van der Waals surface area contributed by atoms with E-state index in [9.17, 15) is 4.79 Å². The molecule has 2 aromatic rings. The molecule has 0 bridgehead atoms. The number of anilines is 1. The van der Waals surface area contributed by atoms with Gasteiger partial charge in [0.05, 0.1) is 12.7 Å². The summed E-state index contributed by atoms with van der Waals surface area (Å²) in [5, 5.41) is 6.39. The molecule has 0 saturated heterocycles. The first-order chi connectivity index (χ1) is 9.62. The summed E-state index contributed by atoms with van der Waals surface area (Å²) in [6, 6.07) is 15.2. The molecule has 3 rings (SSSR count). The van der Waals surface area contributed by atoms with Crippen molar-refractivity contribution in [1.29, 1.82) is 0 Å². The Bertz CT molecular complexity index is 669. The first-order valence-corrected chi connectivity index (χ1v) is 6.47. The van der Waals surface area contributed by atoms with E-state index in [0.29, 0.717) is 5.56 Å². The maximum Gasteiger partial charge on any atom is 0.255 e. The number of methoxy groups -OCH3 is 1. The van der Waals surface area contributed by atoms with Crippen LogP contribution in [0.25, 0.3) is 0 Å². The van der Waals surface area contributed by atoms with E-state index in [1.54, 1.807) is 7.11 Å². The van der Waals surface area contributed by atoms with E-state index in [2.05, 4.69) is 10.6 Å². The van der Waals surface area contributed by atoms with E-state index in [0.717, 1.165) is 17.0 Å². The minimum absolute atomic E-state index is 0.0790. The third kappa shape index (κ3) is 1.99. The summed E-state index contributed by atoms with van der Waals surface area (Å²) in [5.41, 5.74) is 1.79. The largest absolute Gasteiger partial charge is 0.497 e. The molecule has 4 nitrogen and oxygen atoms in total. The first kappa shape index (κ1) is 12.5. The van der Waals surface area contributed by atoms with Crippen LogP contribution in [-0.4, -0.2) is 13.0 Å². The molecule has 4 heteroatoms. The van der Waals surface area contributed by atoms with Crippen molar-refractivity contribution in [3.05, 3.63) is 59.7 Å². The van der Waals surface area contributed by atoms with Gasteiger partial charge in [-0.25, -0.2) is 0 Å². The molecule has 0 radical (unpaired) electrons. The van der Waals surface area contributed by atoms with Gasteiger partial charge in [0.25, 0.3) is 5.91 Å². The van der Waals surface area contributed by atoms with Crippen molar-refractivity contribution in [2.24, 2.45) is 0 Å². The summed E-state index contributed by atoms with van der Waals surface area (Å²) in [5.74, 6) is 0.684. The van der Waals surface area contributed by atoms with Gasteiger partial charge in [0.1, 0.15) is 11.4 Å². The lowest BCUT2D eigenvalue weighted by Crippen LogP contribution is -2.52. The fraction of sp³-hybridized carbons (Fsp3) is 0.188. The van der Waals surface area contributed by atoms with Crippen LogP contribution in [0.5, 0.6) is 5.75 Å². The molecule has 1 amide bonds. The highest BCUT2D eigenvalue weighted by Gasteiger charge is 2.34. The Labute approximate surface area is 117 Å². The second-order valence-electron chi connectivity index (χ2n) is 4.98. The Kier molecular flexibility index (Phi) is 2.86. The van der Waals surface area contributed by atoms with Crippen LogP contribution in [0.3, 0.4) is 0 Å². The van der Waals surface area contributed by atoms with Gasteiger partial charge in [-0.15, -0.1) is 0 Å². The smallest absolute Gasteiger partial charge is 0.255 e. The normalized spacial score (nSPS) is 20.6. The van der Waals surface area contributed by atoms with E-state index in [4.69, 9.17) is 4.74 Å². The average molecular weight is 268 g/mol. The Morgan fingerprint density at radius 2 is 1.85 bits per heavy atom. The molecule has 0 unspecified atom stereocenters. The highest BCUT2D eigenvalue weighted by Crippen LogP contribution is 2.31. The number of hydrogen-bond donors (Lipinski definition) is 2. The number of nitrogens with one attached hydrogen (secondary N) is 2. The summed E-state index contributed by atoms with van der Waals surface area (Å²) in [4.78, 5) is 12.2. The van der Waals surface area contributed by atoms with Gasteiger partial charge in [0.2, 0.25) is 0 Å². The molecule has 2 aromatic carbocycles. The van der Waals surface area contributed by atoms with Crippen LogP contribution >= 0.6 is 0 Å². The summed E-state index contributed by atoms with van der Waals surface area (Å²) < 4.78 is 5.25. The molecule has 0 saturated carbocycles. The molecule has 1 aliphatic rings. The second kappa shape index (κ2) is 4.56. The quantitative estimate of drug-likeness (QED) is 0.880. The van der Waals surface area contributed by atoms with Crippen molar-refractivity contribution in [2.45, 2.75) is 12.6 Å². The molecule has 0 aliphatic carbocycles. The Morgan fingerprint density at radius 3 is 2.65 bits per heavy atom. The van der Waals surface area contributed by atoms with Crippen molar-refractivity contribution in [2.75, 3.05) is 12.4 Å². The number of fused-ring (bicyclic) bond motifs is 1. The van der Waals surface area contributed by atoms with Crippen LogP contribution in [0.4, 0.5) is 5.69 Å². The van der Waals surface area contributed by atoms with Crippen molar-refractivity contribution < 1.29 is 9.53 Å². The summed E-state index contributed by atoms with van der Waals surface area (Å²) in [6.45, 7) is 1.94. The summed E-state index contributed by atoms with van der Waals surface area (Å²) in [6.07, 6.45) is 0. The SMILES string of the molecule is COc1cccc([C@]2(C)NC(=O)c3ccccc3N2)c1. The fourth-order valence-electron chi connectivity index (χ4n) is 2.46. The first-order valence-electron chi connectivity index (χ1n) is 6.47. The molecule has 1 heterocycles. The van der Waals surface area contributed by atoms with Crippen molar-refractivity contribution >= 4 is 11.6 Å². The average Bonchev–Trinajstić information content (AvgIpc) is 2.47. The summed E-state index contributed by atoms with van der Waals surface area (Å²) >= 11 is 0. The molecular weight excluding hydrogens is 252 g/mol. The van der Waals surface area contributed by atoms with E-state index < -0.39 is 5.66 Å². The highest BCUT2D eigenvalue weighted by molar-refractivity contribution is 6.02. The zero-order valence-corrected chi connectivity index (χ0v) is 11.4. The minimum atomic E-state index is -0.653. The number of para-hydroxylation sites is 1. The molecular formula is C16H16N2O2. The van der Waals surface area contributed by atoms with Crippen molar-refractivity contribution in [1.82, 2.24) is 5.32 Å². The van der Waals surface area contributed by atoms with Crippen LogP contribution in [0.2, 0.25) is 0 Å². The van der Waals surface area contributed by atoms with E-state index in [-0.39, 0.29) is 5.91 Å². The molecule has 2 N–H and O–H groups in total. The molecule has 20 heavy (non-hydrogen) atoms. The Balaban J connectivity index is 2.04. The van der Waals surface area contributed by atoms with Crippen LogP contribution in [0.1, 0.15) is 22.8 Å². The van der Waals surface area contributed by atoms with Crippen LogP contribution < -0.4 is 15.4 Å². The lowest BCUT2D eigenvalue weighted by molar-refractivity contribution is 0.0906. The fourth-order valence-corrected chi connectivity index (χ4v) is 2.46. The van der Waals surface area contributed by atoms with Crippen molar-refractivity contribution in [3.8, 4) is 5.75 Å². The zero-order valence-electron chi connectivity index (χ0n) is 11.4. The predicted octanol–water partition coefficient (Wildman–Crippen LogP) is 2.72. The molecule has 0 spiro atoms. The number of ether oxygens (including phenoxy) is 1. The molecule has 0 fully saturated rings. The van der Waals surface area contributed by atoms with E-state index >= 15 is 0 Å². The van der Waals surface area contributed by atoms with Gasteiger partial charge in [0, 0.05) is 11.3 Å². The number of carbonyl (C=O) groups is 1. The van der Waals surface area contributed by atoms with Gasteiger partial charge in [0.15, 0.2) is 0 Å². The van der Waals surface area contributed by atoms with Crippen molar-refractivity contribution in [3.63, 3.8) is 0 Å². The molecule has 1 aliphatic heterocycles. The Morgan fingerprint density at radius 1 is 1.05 bits per heavy atom. The lowest BCUT2D eigenvalue weighted by Gasteiger charge is -2.38. The van der Waals surface area contributed by atoms with Crippen LogP contribution in [-0.2, 0) is 5.66 Å². The maximum absolute atomic E-state index is 12.2. The number of amides is 1. The predicted molar refractivity (Wildman–Crippen MR) is 77.9 cm³/mol. The van der Waals surface area contributed by atoms with Gasteiger partial charge in [-0.3, -0.25) is 4.79 Å². The number of hydrogen-bond acceptors (Lipinski definition) is 3. The van der Waals surface area contributed by atoms with Crippen LogP contribution in [0.15, 0.2) is 48.5 Å². The third-order valence-electron chi connectivity index (χ3n) is 3.57. The minimum Gasteiger partial charge on any atom is -0.497 e. The van der Waals surface area contributed by atoms with Gasteiger partial charge in [-0.05, 0) is 31.2 Å². The zero-order chi connectivity index (χ0) is 14.2. The topological polar surface area (TPSA) is 50.4 Å². The van der Waals surface area contributed by atoms with E-state index in [1.165, 1.54) is 0 Å². The number of carbonyl (C=O) groups excluding carboxylic acids is 1. The summed E-state index contributed by atoms with van der Waals surface area (Å²) in [7, 11) is 1.63. The third-order valence-corrected chi connectivity index (χ3v) is 3.57. The second-order valence-corrected chi connectivity index (χ2v) is 4.98. The van der Waals surface area contributed by atoms with Gasteiger partial charge in [-0.1, -0.05) is 24.3 Å². The standard InChI is InChI=1S/C16H16N2O2/c1-16(11-6-5-7-12(10-11)20-2)17-14-9-4-3-8-13(14)15(19)18-16/h3-10,17H,1-2H3,(H,18,19)/t16-/m0/s1. The highest BCUT2D eigenvalue weighted by atomic mass is 16.5. The van der Waals surface area contributed by atoms with Gasteiger partial charge < -0.3 is 15.4 Å². The van der Waals surface area contributed by atoms with E-state index in [1.807, 2.05) is 55.5 Å². The number of rotatable bonds is 2. The van der Waals surface area contributed by atoms with Gasteiger partial charge >= 0.3 is 0 Å². The Hall–Kier alpha value is -2.49. The maximum atomic E-state index is 12.2. The van der Waals surface area contributed by atoms with Gasteiger partial charge in [-0.2, -0.15) is 0 Å². The lowest BCUT2D eigenvalue weighted by atomic mass is 9.96. The molecule has 1 atom stereocenters. The molecule has 0 aromatic heterocycles.